The first-order valence-corrected chi connectivity index (χ1v) is 10.4. The third kappa shape index (κ3) is 4.99. The molecule has 3 rings (SSSR count). The molecule has 1 amide bonds. The maximum atomic E-state index is 12.5. The van der Waals surface area contributed by atoms with Gasteiger partial charge >= 0.3 is 0 Å². The van der Waals surface area contributed by atoms with E-state index in [9.17, 15) is 9.59 Å². The van der Waals surface area contributed by atoms with Crippen LogP contribution in [-0.4, -0.2) is 38.5 Å². The van der Waals surface area contributed by atoms with Crippen molar-refractivity contribution in [1.29, 1.82) is 0 Å². The Labute approximate surface area is 165 Å². The third-order valence-electron chi connectivity index (χ3n) is 3.66. The molecule has 138 valence electrons. The molecule has 0 radical (unpaired) electrons. The molecule has 2 aromatic carbocycles. The van der Waals surface area contributed by atoms with Gasteiger partial charge in [0.2, 0.25) is 11.1 Å². The highest BCUT2D eigenvalue weighted by molar-refractivity contribution is 7.99. The number of rotatable bonds is 7. The average Bonchev–Trinajstić information content (AvgIpc) is 3.16. The topological polar surface area (TPSA) is 76.9 Å². The number of nitrogens with one attached hydrogen (secondary N) is 1. The molecule has 0 saturated carbocycles. The number of para-hydroxylation sites is 1. The predicted octanol–water partition coefficient (Wildman–Crippen LogP) is 3.92. The molecule has 0 bridgehead atoms. The van der Waals surface area contributed by atoms with Crippen LogP contribution in [-0.2, 0) is 4.79 Å². The number of thioether (sulfide) groups is 2. The Morgan fingerprint density at radius 1 is 1.15 bits per heavy atom. The monoisotopic (exact) mass is 398 g/mol. The van der Waals surface area contributed by atoms with Crippen LogP contribution >= 0.6 is 23.5 Å². The predicted molar refractivity (Wildman–Crippen MR) is 109 cm³/mol. The van der Waals surface area contributed by atoms with E-state index in [4.69, 9.17) is 0 Å². The second kappa shape index (κ2) is 8.88. The Morgan fingerprint density at radius 3 is 2.63 bits per heavy atom. The maximum Gasteiger partial charge on any atom is 0.221 e. The van der Waals surface area contributed by atoms with Gasteiger partial charge in [0.05, 0.1) is 17.1 Å². The molecular formula is C19H18N4O2S2. The van der Waals surface area contributed by atoms with E-state index in [-0.39, 0.29) is 17.4 Å². The molecule has 0 aliphatic rings. The van der Waals surface area contributed by atoms with E-state index in [1.807, 2.05) is 36.6 Å². The van der Waals surface area contributed by atoms with E-state index >= 15 is 0 Å². The van der Waals surface area contributed by atoms with Gasteiger partial charge in [-0.3, -0.25) is 9.59 Å². The van der Waals surface area contributed by atoms with Gasteiger partial charge in [-0.1, -0.05) is 30.0 Å². The van der Waals surface area contributed by atoms with Crippen molar-refractivity contribution in [2.24, 2.45) is 0 Å². The number of anilines is 1. The van der Waals surface area contributed by atoms with Crippen molar-refractivity contribution in [3.05, 3.63) is 60.4 Å². The summed E-state index contributed by atoms with van der Waals surface area (Å²) in [6, 6.07) is 15.0. The van der Waals surface area contributed by atoms with Crippen LogP contribution in [0.4, 0.5) is 5.69 Å². The third-order valence-corrected chi connectivity index (χ3v) is 5.29. The van der Waals surface area contributed by atoms with Crippen LogP contribution in [0.15, 0.2) is 64.9 Å². The van der Waals surface area contributed by atoms with E-state index in [0.717, 1.165) is 10.6 Å². The standard InChI is InChI=1S/C19H18N4O2S2/c1-13(24)21-16-9-8-14(10-18(16)26-2)17(25)11-27-19-20-12-23(22-19)15-6-4-3-5-7-15/h3-10,12H,11H2,1-2H3,(H,21,24). The van der Waals surface area contributed by atoms with E-state index in [1.165, 1.54) is 30.4 Å². The molecule has 0 aliphatic heterocycles. The molecule has 0 atom stereocenters. The summed E-state index contributed by atoms with van der Waals surface area (Å²) in [5.74, 6) is 0.0901. The van der Waals surface area contributed by atoms with Gasteiger partial charge < -0.3 is 5.32 Å². The smallest absolute Gasteiger partial charge is 0.221 e. The van der Waals surface area contributed by atoms with Gasteiger partial charge in [0, 0.05) is 17.4 Å². The van der Waals surface area contributed by atoms with Crippen molar-refractivity contribution in [2.75, 3.05) is 17.3 Å². The lowest BCUT2D eigenvalue weighted by atomic mass is 10.1. The van der Waals surface area contributed by atoms with Crippen molar-refractivity contribution < 1.29 is 9.59 Å². The summed E-state index contributed by atoms with van der Waals surface area (Å²) in [7, 11) is 0. The summed E-state index contributed by atoms with van der Waals surface area (Å²) in [5.41, 5.74) is 2.23. The quantitative estimate of drug-likeness (QED) is 0.480. The fraction of sp³-hybridized carbons (Fsp3) is 0.158. The lowest BCUT2D eigenvalue weighted by molar-refractivity contribution is -0.114. The minimum atomic E-state index is -0.139. The Bertz CT molecular complexity index is 957. The molecule has 1 heterocycles. The number of aromatic nitrogens is 3. The highest BCUT2D eigenvalue weighted by Gasteiger charge is 2.12. The summed E-state index contributed by atoms with van der Waals surface area (Å²) in [6.07, 6.45) is 3.54. The molecule has 0 saturated heterocycles. The number of amides is 1. The van der Waals surface area contributed by atoms with Gasteiger partial charge in [-0.25, -0.2) is 9.67 Å². The van der Waals surface area contributed by atoms with E-state index in [0.29, 0.717) is 16.4 Å². The van der Waals surface area contributed by atoms with Gasteiger partial charge in [0.25, 0.3) is 0 Å². The normalized spacial score (nSPS) is 10.6. The molecule has 0 fully saturated rings. The van der Waals surface area contributed by atoms with E-state index in [2.05, 4.69) is 15.4 Å². The SMILES string of the molecule is CSc1cc(C(=O)CSc2ncn(-c3ccccc3)n2)ccc1NC(C)=O. The molecule has 6 nitrogen and oxygen atoms in total. The highest BCUT2D eigenvalue weighted by Crippen LogP contribution is 2.27. The minimum absolute atomic E-state index is 0.0132. The number of ketones is 1. The second-order valence-corrected chi connectivity index (χ2v) is 7.41. The molecule has 0 aliphatic carbocycles. The Kier molecular flexibility index (Phi) is 6.31. The molecule has 0 spiro atoms. The first-order valence-electron chi connectivity index (χ1n) is 8.15. The van der Waals surface area contributed by atoms with Gasteiger partial charge in [0.1, 0.15) is 6.33 Å². The first kappa shape index (κ1) is 19.2. The van der Waals surface area contributed by atoms with Crippen LogP contribution in [0, 0.1) is 0 Å². The molecule has 0 unspecified atom stereocenters. The summed E-state index contributed by atoms with van der Waals surface area (Å²) in [4.78, 5) is 28.9. The van der Waals surface area contributed by atoms with Gasteiger partial charge in [0.15, 0.2) is 5.78 Å². The summed E-state index contributed by atoms with van der Waals surface area (Å²) in [6.45, 7) is 1.46. The fourth-order valence-corrected chi connectivity index (χ4v) is 3.67. The lowest BCUT2D eigenvalue weighted by Crippen LogP contribution is -2.08. The van der Waals surface area contributed by atoms with Crippen LogP contribution in [0.3, 0.4) is 0 Å². The van der Waals surface area contributed by atoms with Crippen molar-refractivity contribution in [3.63, 3.8) is 0 Å². The molecule has 3 aromatic rings. The second-order valence-electron chi connectivity index (χ2n) is 5.62. The number of Topliss-reactive ketones (excluding diaryl/α,β-unsaturated/α-hetero) is 1. The number of carbonyl (C=O) groups is 2. The lowest BCUT2D eigenvalue weighted by Gasteiger charge is -2.09. The van der Waals surface area contributed by atoms with Gasteiger partial charge in [-0.15, -0.1) is 16.9 Å². The summed E-state index contributed by atoms with van der Waals surface area (Å²) in [5, 5.41) is 7.71. The zero-order chi connectivity index (χ0) is 19.2. The molecule has 27 heavy (non-hydrogen) atoms. The molecule has 1 N–H and O–H groups in total. The Morgan fingerprint density at radius 2 is 1.93 bits per heavy atom. The Balaban J connectivity index is 1.66. The molecule has 8 heteroatoms. The number of carbonyl (C=O) groups excluding carboxylic acids is 2. The van der Waals surface area contributed by atoms with E-state index in [1.54, 1.807) is 29.2 Å². The van der Waals surface area contributed by atoms with Crippen LogP contribution in [0.2, 0.25) is 0 Å². The fourth-order valence-electron chi connectivity index (χ4n) is 2.39. The highest BCUT2D eigenvalue weighted by atomic mass is 32.2. The van der Waals surface area contributed by atoms with Crippen LogP contribution in [0.5, 0.6) is 0 Å². The number of hydrogen-bond donors (Lipinski definition) is 1. The van der Waals surface area contributed by atoms with Crippen LogP contribution < -0.4 is 5.32 Å². The summed E-state index contributed by atoms with van der Waals surface area (Å²) >= 11 is 2.78. The zero-order valence-corrected chi connectivity index (χ0v) is 16.5. The maximum absolute atomic E-state index is 12.5. The Hall–Kier alpha value is -2.58. The summed E-state index contributed by atoms with van der Waals surface area (Å²) < 4.78 is 1.68. The van der Waals surface area contributed by atoms with Gasteiger partial charge in [-0.05, 0) is 36.6 Å². The van der Waals surface area contributed by atoms with E-state index < -0.39 is 0 Å². The number of nitrogens with zero attached hydrogens (tertiary/aromatic N) is 3. The number of benzene rings is 2. The van der Waals surface area contributed by atoms with Crippen LogP contribution in [0.1, 0.15) is 17.3 Å². The van der Waals surface area contributed by atoms with Crippen molar-refractivity contribution in [3.8, 4) is 5.69 Å². The van der Waals surface area contributed by atoms with Crippen molar-refractivity contribution >= 4 is 40.9 Å². The largest absolute Gasteiger partial charge is 0.325 e. The van der Waals surface area contributed by atoms with Crippen molar-refractivity contribution in [1.82, 2.24) is 14.8 Å². The number of hydrogen-bond acceptors (Lipinski definition) is 6. The average molecular weight is 399 g/mol. The molecule has 1 aromatic heterocycles. The minimum Gasteiger partial charge on any atom is -0.325 e. The van der Waals surface area contributed by atoms with Crippen molar-refractivity contribution in [2.45, 2.75) is 17.0 Å². The molecular weight excluding hydrogens is 380 g/mol. The van der Waals surface area contributed by atoms with Crippen LogP contribution in [0.25, 0.3) is 5.69 Å². The van der Waals surface area contributed by atoms with Gasteiger partial charge in [-0.2, -0.15) is 0 Å². The first-order chi connectivity index (χ1) is 13.1. The zero-order valence-electron chi connectivity index (χ0n) is 14.9.